The zero-order valence-corrected chi connectivity index (χ0v) is 13.1. The van der Waals surface area contributed by atoms with Gasteiger partial charge in [-0.25, -0.2) is 0 Å². The zero-order valence-electron chi connectivity index (χ0n) is 10.9. The number of rotatable bonds is 5. The van der Waals surface area contributed by atoms with E-state index in [4.69, 9.17) is 4.74 Å². The van der Waals surface area contributed by atoms with Crippen molar-refractivity contribution in [2.24, 2.45) is 0 Å². The summed E-state index contributed by atoms with van der Waals surface area (Å²) in [5, 5.41) is 1.28. The lowest BCUT2D eigenvalue weighted by Crippen LogP contribution is -2.34. The molecule has 3 heteroatoms. The van der Waals surface area contributed by atoms with Crippen molar-refractivity contribution < 1.29 is 9.30 Å². The summed E-state index contributed by atoms with van der Waals surface area (Å²) in [4.78, 5) is 0. The highest BCUT2D eigenvalue weighted by Gasteiger charge is 2.11. The Morgan fingerprint density at radius 1 is 1.22 bits per heavy atom. The number of fused-ring (bicyclic) bond motifs is 1. The standard InChI is InChI=1S/C15H19INO/c1-12-7-10-17(9-4-3-8-16)15-6-5-13(18-2)11-14(12)15/h5-7,10-11H,3-4,8-9H2,1-2H3/q+1. The van der Waals surface area contributed by atoms with E-state index in [1.165, 1.54) is 33.7 Å². The molecule has 0 saturated carbocycles. The average Bonchev–Trinajstić information content (AvgIpc) is 2.41. The molecular formula is C15H19INO+. The Morgan fingerprint density at radius 2 is 2.06 bits per heavy atom. The van der Waals surface area contributed by atoms with Gasteiger partial charge in [0.15, 0.2) is 6.20 Å². The highest BCUT2D eigenvalue weighted by molar-refractivity contribution is 14.1. The molecule has 18 heavy (non-hydrogen) atoms. The van der Waals surface area contributed by atoms with Crippen molar-refractivity contribution in [3.8, 4) is 5.75 Å². The summed E-state index contributed by atoms with van der Waals surface area (Å²) < 4.78 is 8.88. The third-order valence-corrected chi connectivity index (χ3v) is 3.99. The topological polar surface area (TPSA) is 13.1 Å². The molecule has 0 N–H and O–H groups in total. The Kier molecular flexibility index (Phi) is 4.80. The minimum Gasteiger partial charge on any atom is -0.497 e. The number of aromatic nitrogens is 1. The fraction of sp³-hybridized carbons (Fsp3) is 0.400. The molecular weight excluding hydrogens is 337 g/mol. The summed E-state index contributed by atoms with van der Waals surface area (Å²) >= 11 is 2.44. The molecule has 0 spiro atoms. The van der Waals surface area contributed by atoms with Crippen LogP contribution in [0, 0.1) is 6.92 Å². The number of pyridine rings is 1. The number of halogens is 1. The first kappa shape index (κ1) is 13.6. The van der Waals surface area contributed by atoms with E-state index >= 15 is 0 Å². The van der Waals surface area contributed by atoms with Gasteiger partial charge in [0.2, 0.25) is 5.52 Å². The molecule has 0 bridgehead atoms. The minimum absolute atomic E-state index is 0.926. The van der Waals surface area contributed by atoms with Crippen molar-refractivity contribution in [2.45, 2.75) is 26.3 Å². The summed E-state index contributed by atoms with van der Waals surface area (Å²) in [5.41, 5.74) is 2.60. The van der Waals surface area contributed by atoms with Gasteiger partial charge in [-0.2, -0.15) is 4.57 Å². The van der Waals surface area contributed by atoms with Crippen LogP contribution in [-0.4, -0.2) is 11.5 Å². The maximum absolute atomic E-state index is 5.31. The molecule has 0 unspecified atom stereocenters. The molecule has 1 heterocycles. The Hall–Kier alpha value is -0.840. The monoisotopic (exact) mass is 356 g/mol. The van der Waals surface area contributed by atoms with Crippen molar-refractivity contribution in [1.82, 2.24) is 0 Å². The van der Waals surface area contributed by atoms with Gasteiger partial charge < -0.3 is 4.74 Å². The van der Waals surface area contributed by atoms with Gasteiger partial charge in [0.25, 0.3) is 0 Å². The first-order chi connectivity index (χ1) is 8.76. The fourth-order valence-electron chi connectivity index (χ4n) is 2.15. The van der Waals surface area contributed by atoms with E-state index in [1.54, 1.807) is 7.11 Å². The number of methoxy groups -OCH3 is 1. The van der Waals surface area contributed by atoms with E-state index in [0.717, 1.165) is 12.3 Å². The number of benzene rings is 1. The minimum atomic E-state index is 0.926. The average molecular weight is 356 g/mol. The lowest BCUT2D eigenvalue weighted by atomic mass is 10.1. The van der Waals surface area contributed by atoms with Gasteiger partial charge in [0.05, 0.1) is 12.5 Å². The lowest BCUT2D eigenvalue weighted by Gasteiger charge is -2.06. The van der Waals surface area contributed by atoms with Crippen LogP contribution in [0.2, 0.25) is 0 Å². The van der Waals surface area contributed by atoms with E-state index in [1.807, 2.05) is 6.07 Å². The molecule has 96 valence electrons. The zero-order chi connectivity index (χ0) is 13.0. The van der Waals surface area contributed by atoms with Gasteiger partial charge in [0, 0.05) is 18.6 Å². The SMILES string of the molecule is COc1ccc2c(c1)c(C)cc[n+]2CCCCI. The highest BCUT2D eigenvalue weighted by Crippen LogP contribution is 2.21. The van der Waals surface area contributed by atoms with E-state index < -0.39 is 0 Å². The molecule has 2 rings (SSSR count). The lowest BCUT2D eigenvalue weighted by molar-refractivity contribution is -0.671. The second-order valence-electron chi connectivity index (χ2n) is 4.47. The van der Waals surface area contributed by atoms with Gasteiger partial charge in [0.1, 0.15) is 12.3 Å². The smallest absolute Gasteiger partial charge is 0.213 e. The number of alkyl halides is 1. The Bertz CT molecular complexity index is 539. The van der Waals surface area contributed by atoms with Crippen LogP contribution in [-0.2, 0) is 6.54 Å². The maximum Gasteiger partial charge on any atom is 0.213 e. The molecule has 2 nitrogen and oxygen atoms in total. The van der Waals surface area contributed by atoms with E-state index in [0.29, 0.717) is 0 Å². The van der Waals surface area contributed by atoms with Gasteiger partial charge in [-0.05, 0) is 35.5 Å². The van der Waals surface area contributed by atoms with Crippen LogP contribution in [0.4, 0.5) is 0 Å². The van der Waals surface area contributed by atoms with E-state index in [2.05, 4.69) is 58.5 Å². The van der Waals surface area contributed by atoms with Gasteiger partial charge in [-0.3, -0.25) is 0 Å². The maximum atomic E-state index is 5.31. The Balaban J connectivity index is 2.39. The number of hydrogen-bond acceptors (Lipinski definition) is 1. The summed E-state index contributed by atoms with van der Waals surface area (Å²) in [6, 6.07) is 8.51. The number of nitrogens with zero attached hydrogens (tertiary/aromatic N) is 1. The van der Waals surface area contributed by atoms with Gasteiger partial charge in [-0.15, -0.1) is 0 Å². The quantitative estimate of drug-likeness (QED) is 0.345. The number of aryl methyl sites for hydroxylation is 2. The Morgan fingerprint density at radius 3 is 2.78 bits per heavy atom. The van der Waals surface area contributed by atoms with Gasteiger partial charge in [-0.1, -0.05) is 22.6 Å². The van der Waals surface area contributed by atoms with Crippen LogP contribution in [0.3, 0.4) is 0 Å². The normalized spacial score (nSPS) is 10.8. The highest BCUT2D eigenvalue weighted by atomic mass is 127. The van der Waals surface area contributed by atoms with Crippen LogP contribution in [0.25, 0.3) is 10.9 Å². The second kappa shape index (κ2) is 6.36. The largest absolute Gasteiger partial charge is 0.497 e. The summed E-state index contributed by atoms with van der Waals surface area (Å²) in [7, 11) is 1.72. The summed E-state index contributed by atoms with van der Waals surface area (Å²) in [6.07, 6.45) is 4.70. The second-order valence-corrected chi connectivity index (χ2v) is 5.55. The third-order valence-electron chi connectivity index (χ3n) is 3.23. The number of unbranched alkanes of at least 4 members (excludes halogenated alkanes) is 1. The van der Waals surface area contributed by atoms with Crippen LogP contribution >= 0.6 is 22.6 Å². The molecule has 0 radical (unpaired) electrons. The molecule has 0 amide bonds. The summed E-state index contributed by atoms with van der Waals surface area (Å²) in [6.45, 7) is 3.24. The molecule has 1 aromatic heterocycles. The first-order valence-electron chi connectivity index (χ1n) is 6.29. The molecule has 1 aromatic carbocycles. The van der Waals surface area contributed by atoms with Crippen molar-refractivity contribution in [3.63, 3.8) is 0 Å². The Labute approximate surface area is 122 Å². The van der Waals surface area contributed by atoms with Crippen molar-refractivity contribution in [1.29, 1.82) is 0 Å². The van der Waals surface area contributed by atoms with E-state index in [9.17, 15) is 0 Å². The van der Waals surface area contributed by atoms with Crippen LogP contribution in [0.5, 0.6) is 5.75 Å². The van der Waals surface area contributed by atoms with Crippen molar-refractivity contribution in [2.75, 3.05) is 11.5 Å². The fourth-order valence-corrected chi connectivity index (χ4v) is 2.69. The van der Waals surface area contributed by atoms with Crippen molar-refractivity contribution in [3.05, 3.63) is 36.0 Å². The van der Waals surface area contributed by atoms with Crippen LogP contribution in [0.1, 0.15) is 18.4 Å². The van der Waals surface area contributed by atoms with Crippen molar-refractivity contribution >= 4 is 33.5 Å². The first-order valence-corrected chi connectivity index (χ1v) is 7.81. The molecule has 0 aliphatic rings. The molecule has 0 aliphatic heterocycles. The summed E-state index contributed by atoms with van der Waals surface area (Å²) in [5.74, 6) is 0.926. The molecule has 0 atom stereocenters. The molecule has 2 aromatic rings. The predicted molar refractivity (Wildman–Crippen MR) is 83.6 cm³/mol. The van der Waals surface area contributed by atoms with Gasteiger partial charge >= 0.3 is 0 Å². The molecule has 0 fully saturated rings. The van der Waals surface area contributed by atoms with Crippen LogP contribution < -0.4 is 9.30 Å². The van der Waals surface area contributed by atoms with Crippen LogP contribution in [0.15, 0.2) is 30.5 Å². The molecule has 0 saturated heterocycles. The number of ether oxygens (including phenoxy) is 1. The predicted octanol–water partition coefficient (Wildman–Crippen LogP) is 3.66. The molecule has 0 aliphatic carbocycles. The number of hydrogen-bond donors (Lipinski definition) is 0. The third kappa shape index (κ3) is 2.94. The van der Waals surface area contributed by atoms with E-state index in [-0.39, 0.29) is 0 Å².